The molecule has 130 valence electrons. The quantitative estimate of drug-likeness (QED) is 0.717. The van der Waals surface area contributed by atoms with E-state index in [4.69, 9.17) is 20.5 Å². The lowest BCUT2D eigenvalue weighted by Gasteiger charge is -2.33. The van der Waals surface area contributed by atoms with Gasteiger partial charge in [-0.2, -0.15) is 0 Å². The molecule has 0 saturated carbocycles. The van der Waals surface area contributed by atoms with Gasteiger partial charge in [0.1, 0.15) is 5.58 Å². The third-order valence-electron chi connectivity index (χ3n) is 4.40. The van der Waals surface area contributed by atoms with E-state index in [-0.39, 0.29) is 5.91 Å². The van der Waals surface area contributed by atoms with Crippen molar-refractivity contribution >= 4 is 28.5 Å². The Hall–Kier alpha value is -2.31. The van der Waals surface area contributed by atoms with Crippen molar-refractivity contribution in [3.05, 3.63) is 52.6 Å². The van der Waals surface area contributed by atoms with Crippen LogP contribution >= 0.6 is 11.6 Å². The van der Waals surface area contributed by atoms with Gasteiger partial charge in [-0.15, -0.1) is 0 Å². The fraction of sp³-hybridized carbons (Fsp3) is 0.333. The number of fused-ring (bicyclic) bond motifs is 1. The Morgan fingerprint density at radius 2 is 2.00 bits per heavy atom. The van der Waals surface area contributed by atoms with Gasteiger partial charge in [-0.1, -0.05) is 16.8 Å². The molecule has 1 amide bonds. The third kappa shape index (κ3) is 3.41. The van der Waals surface area contributed by atoms with Crippen molar-refractivity contribution < 1.29 is 13.7 Å². The van der Waals surface area contributed by atoms with Gasteiger partial charge in [0.2, 0.25) is 0 Å². The van der Waals surface area contributed by atoms with Crippen LogP contribution in [0.2, 0.25) is 5.02 Å². The lowest BCUT2D eigenvalue weighted by molar-refractivity contribution is 0.0589. The standard InChI is InChI=1S/C18H18ClN3O3/c1-12-8-15(25-20-12)11-21-4-6-22(7-5-21)18(23)17-10-13-9-14(19)2-3-16(13)24-17/h2-3,8-10H,4-7,11H2,1H3. The van der Waals surface area contributed by atoms with Crippen LogP contribution < -0.4 is 0 Å². The zero-order valence-electron chi connectivity index (χ0n) is 13.9. The summed E-state index contributed by atoms with van der Waals surface area (Å²) in [4.78, 5) is 16.7. The highest BCUT2D eigenvalue weighted by Crippen LogP contribution is 2.24. The number of hydrogen-bond acceptors (Lipinski definition) is 5. The van der Waals surface area contributed by atoms with Gasteiger partial charge in [0, 0.05) is 42.7 Å². The fourth-order valence-corrected chi connectivity index (χ4v) is 3.28. The number of piperazine rings is 1. The number of carbonyl (C=O) groups excluding carboxylic acids is 1. The maximum Gasteiger partial charge on any atom is 0.289 e. The number of aryl methyl sites for hydroxylation is 1. The van der Waals surface area contributed by atoms with Crippen LogP contribution in [0.5, 0.6) is 0 Å². The summed E-state index contributed by atoms with van der Waals surface area (Å²) >= 11 is 5.99. The van der Waals surface area contributed by atoms with Crippen molar-refractivity contribution in [3.63, 3.8) is 0 Å². The second-order valence-corrected chi connectivity index (χ2v) is 6.73. The minimum Gasteiger partial charge on any atom is -0.451 e. The fourth-order valence-electron chi connectivity index (χ4n) is 3.10. The number of hydrogen-bond donors (Lipinski definition) is 0. The maximum atomic E-state index is 12.7. The second kappa shape index (κ2) is 6.54. The van der Waals surface area contributed by atoms with Crippen molar-refractivity contribution in [1.82, 2.24) is 15.0 Å². The monoisotopic (exact) mass is 359 g/mol. The molecule has 1 aliphatic heterocycles. The number of aromatic nitrogens is 1. The van der Waals surface area contributed by atoms with Gasteiger partial charge in [-0.05, 0) is 31.2 Å². The Balaban J connectivity index is 1.40. The summed E-state index contributed by atoms with van der Waals surface area (Å²) in [6.07, 6.45) is 0. The first kappa shape index (κ1) is 16.2. The third-order valence-corrected chi connectivity index (χ3v) is 4.64. The molecule has 25 heavy (non-hydrogen) atoms. The Bertz CT molecular complexity index is 909. The van der Waals surface area contributed by atoms with Crippen molar-refractivity contribution in [2.24, 2.45) is 0 Å². The van der Waals surface area contributed by atoms with E-state index < -0.39 is 0 Å². The number of benzene rings is 1. The number of nitrogens with zero attached hydrogens (tertiary/aromatic N) is 3. The molecule has 0 bridgehead atoms. The highest BCUT2D eigenvalue weighted by Gasteiger charge is 2.25. The normalized spacial score (nSPS) is 15.8. The largest absolute Gasteiger partial charge is 0.451 e. The predicted octanol–water partition coefficient (Wildman–Crippen LogP) is 3.34. The Morgan fingerprint density at radius 1 is 1.20 bits per heavy atom. The molecule has 2 aromatic heterocycles. The molecule has 6 nitrogen and oxygen atoms in total. The molecule has 4 rings (SSSR count). The summed E-state index contributed by atoms with van der Waals surface area (Å²) in [7, 11) is 0. The lowest BCUT2D eigenvalue weighted by Crippen LogP contribution is -2.48. The van der Waals surface area contributed by atoms with Crippen LogP contribution in [0.1, 0.15) is 22.0 Å². The average Bonchev–Trinajstić information content (AvgIpc) is 3.20. The molecule has 0 aliphatic carbocycles. The summed E-state index contributed by atoms with van der Waals surface area (Å²) in [5, 5.41) is 5.37. The number of amides is 1. The summed E-state index contributed by atoms with van der Waals surface area (Å²) < 4.78 is 10.9. The average molecular weight is 360 g/mol. The zero-order chi connectivity index (χ0) is 17.4. The molecule has 0 N–H and O–H groups in total. The molecule has 1 aliphatic rings. The molecule has 0 unspecified atom stereocenters. The molecule has 7 heteroatoms. The van der Waals surface area contributed by atoms with Crippen LogP contribution in [0.4, 0.5) is 0 Å². The van der Waals surface area contributed by atoms with Crippen LogP contribution in [-0.4, -0.2) is 47.0 Å². The van der Waals surface area contributed by atoms with Crippen LogP contribution in [0.25, 0.3) is 11.0 Å². The predicted molar refractivity (Wildman–Crippen MR) is 93.6 cm³/mol. The molecule has 3 heterocycles. The number of carbonyl (C=O) groups is 1. The first-order chi connectivity index (χ1) is 12.1. The van der Waals surface area contributed by atoms with Gasteiger partial charge in [0.05, 0.1) is 12.2 Å². The Morgan fingerprint density at radius 3 is 2.72 bits per heavy atom. The number of rotatable bonds is 3. The molecule has 3 aromatic rings. The van der Waals surface area contributed by atoms with Gasteiger partial charge >= 0.3 is 0 Å². The molecule has 1 fully saturated rings. The number of furan rings is 1. The first-order valence-corrected chi connectivity index (χ1v) is 8.59. The highest BCUT2D eigenvalue weighted by molar-refractivity contribution is 6.31. The molecule has 0 spiro atoms. The number of halogens is 1. The van der Waals surface area contributed by atoms with E-state index in [9.17, 15) is 4.79 Å². The van der Waals surface area contributed by atoms with E-state index in [0.29, 0.717) is 36.0 Å². The van der Waals surface area contributed by atoms with Gasteiger partial charge in [0.15, 0.2) is 11.5 Å². The zero-order valence-corrected chi connectivity index (χ0v) is 14.6. The van der Waals surface area contributed by atoms with Gasteiger partial charge in [0.25, 0.3) is 5.91 Å². The van der Waals surface area contributed by atoms with Crippen LogP contribution in [0.3, 0.4) is 0 Å². The molecule has 1 aromatic carbocycles. The van der Waals surface area contributed by atoms with Crippen molar-refractivity contribution in [3.8, 4) is 0 Å². The molecule has 1 saturated heterocycles. The van der Waals surface area contributed by atoms with E-state index in [1.54, 1.807) is 24.3 Å². The van der Waals surface area contributed by atoms with Gasteiger partial charge in [-0.25, -0.2) is 0 Å². The van der Waals surface area contributed by atoms with Gasteiger partial charge in [-0.3, -0.25) is 9.69 Å². The summed E-state index contributed by atoms with van der Waals surface area (Å²) in [6.45, 7) is 5.51. The maximum absolute atomic E-state index is 12.7. The van der Waals surface area contributed by atoms with Crippen LogP contribution in [-0.2, 0) is 6.54 Å². The minimum absolute atomic E-state index is 0.0810. The molecule has 0 atom stereocenters. The topological polar surface area (TPSA) is 62.7 Å². The molecular formula is C18H18ClN3O3. The van der Waals surface area contributed by atoms with Crippen molar-refractivity contribution in [1.29, 1.82) is 0 Å². The lowest BCUT2D eigenvalue weighted by atomic mass is 10.2. The van der Waals surface area contributed by atoms with E-state index >= 15 is 0 Å². The van der Waals surface area contributed by atoms with E-state index in [2.05, 4.69) is 10.1 Å². The van der Waals surface area contributed by atoms with E-state index in [1.807, 2.05) is 17.9 Å². The first-order valence-electron chi connectivity index (χ1n) is 8.21. The minimum atomic E-state index is -0.0810. The smallest absolute Gasteiger partial charge is 0.289 e. The second-order valence-electron chi connectivity index (χ2n) is 6.30. The SMILES string of the molecule is Cc1cc(CN2CCN(C(=O)c3cc4cc(Cl)ccc4o3)CC2)on1. The highest BCUT2D eigenvalue weighted by atomic mass is 35.5. The summed E-state index contributed by atoms with van der Waals surface area (Å²) in [6, 6.07) is 9.04. The summed E-state index contributed by atoms with van der Waals surface area (Å²) in [5.74, 6) is 1.13. The molecular weight excluding hydrogens is 342 g/mol. The Labute approximate surface area is 149 Å². The van der Waals surface area contributed by atoms with Crippen LogP contribution in [0, 0.1) is 6.92 Å². The summed E-state index contributed by atoms with van der Waals surface area (Å²) in [5.41, 5.74) is 1.56. The van der Waals surface area contributed by atoms with E-state index in [1.165, 1.54) is 0 Å². The van der Waals surface area contributed by atoms with Crippen molar-refractivity contribution in [2.75, 3.05) is 26.2 Å². The van der Waals surface area contributed by atoms with Gasteiger partial charge < -0.3 is 13.8 Å². The Kier molecular flexibility index (Phi) is 4.23. The van der Waals surface area contributed by atoms with Crippen molar-refractivity contribution in [2.45, 2.75) is 13.5 Å². The molecule has 0 radical (unpaired) electrons. The van der Waals surface area contributed by atoms with Crippen LogP contribution in [0.15, 0.2) is 39.3 Å². The van der Waals surface area contributed by atoms with E-state index in [0.717, 1.165) is 29.9 Å².